The van der Waals surface area contributed by atoms with E-state index in [2.05, 4.69) is 42.8 Å². The summed E-state index contributed by atoms with van der Waals surface area (Å²) in [5.74, 6) is 0. The number of rotatable bonds is 1. The van der Waals surface area contributed by atoms with E-state index in [4.69, 9.17) is 0 Å². The lowest BCUT2D eigenvalue weighted by Gasteiger charge is -2.17. The third-order valence-electron chi connectivity index (χ3n) is 3.54. The summed E-state index contributed by atoms with van der Waals surface area (Å²) in [5, 5.41) is 4.18. The first kappa shape index (κ1) is 12.2. The van der Waals surface area contributed by atoms with E-state index in [0.717, 1.165) is 21.7 Å². The molecule has 2 aromatic carbocycles. The first-order valence-electron chi connectivity index (χ1n) is 6.52. The lowest BCUT2D eigenvalue weighted by atomic mass is 10.1. The Morgan fingerprint density at radius 3 is 2.32 bits per heavy atom. The highest BCUT2D eigenvalue weighted by Crippen LogP contribution is 2.20. The van der Waals surface area contributed by atoms with E-state index in [9.17, 15) is 4.79 Å². The highest BCUT2D eigenvalue weighted by atomic mass is 28.3. The van der Waals surface area contributed by atoms with Crippen molar-refractivity contribution in [1.82, 2.24) is 4.98 Å². The van der Waals surface area contributed by atoms with E-state index in [1.807, 2.05) is 18.2 Å². The molecule has 96 valence electrons. The van der Waals surface area contributed by atoms with Crippen LogP contribution in [-0.2, 0) is 0 Å². The summed E-state index contributed by atoms with van der Waals surface area (Å²) < 4.78 is 0. The summed E-state index contributed by atoms with van der Waals surface area (Å²) in [5.41, 5.74) is 1.06. The van der Waals surface area contributed by atoms with Crippen LogP contribution in [-0.4, -0.2) is 13.1 Å². The summed E-state index contributed by atoms with van der Waals surface area (Å²) in [6, 6.07) is 13.8. The van der Waals surface area contributed by atoms with Crippen molar-refractivity contribution in [3.63, 3.8) is 0 Å². The van der Waals surface area contributed by atoms with E-state index in [1.54, 1.807) is 6.07 Å². The first-order chi connectivity index (χ1) is 8.97. The molecule has 0 saturated heterocycles. The van der Waals surface area contributed by atoms with Crippen LogP contribution < -0.4 is 10.7 Å². The molecule has 0 aliphatic carbocycles. The average Bonchev–Trinajstić information content (AvgIpc) is 2.37. The van der Waals surface area contributed by atoms with Crippen molar-refractivity contribution in [3.05, 3.63) is 52.7 Å². The van der Waals surface area contributed by atoms with Gasteiger partial charge in [-0.25, -0.2) is 0 Å². The lowest BCUT2D eigenvalue weighted by Crippen LogP contribution is -2.39. The predicted molar refractivity (Wildman–Crippen MR) is 85.1 cm³/mol. The van der Waals surface area contributed by atoms with Gasteiger partial charge in [-0.3, -0.25) is 4.79 Å². The predicted octanol–water partition coefficient (Wildman–Crippen LogP) is 3.23. The van der Waals surface area contributed by atoms with Crippen LogP contribution in [0.15, 0.2) is 47.3 Å². The van der Waals surface area contributed by atoms with Gasteiger partial charge in [0.1, 0.15) is 0 Å². The molecule has 1 aromatic heterocycles. The summed E-state index contributed by atoms with van der Waals surface area (Å²) in [6.07, 6.45) is 0. The molecule has 0 unspecified atom stereocenters. The van der Waals surface area contributed by atoms with Gasteiger partial charge in [0.25, 0.3) is 0 Å². The number of aromatic nitrogens is 1. The van der Waals surface area contributed by atoms with Crippen LogP contribution in [0.2, 0.25) is 19.6 Å². The number of nitrogens with one attached hydrogen (secondary N) is 1. The molecule has 3 heteroatoms. The minimum absolute atomic E-state index is 0.0899. The van der Waals surface area contributed by atoms with Gasteiger partial charge in [0.2, 0.25) is 0 Å². The summed E-state index contributed by atoms with van der Waals surface area (Å²) in [4.78, 5) is 15.7. The second-order valence-corrected chi connectivity index (χ2v) is 11.0. The fourth-order valence-electron chi connectivity index (χ4n) is 2.42. The van der Waals surface area contributed by atoms with Crippen LogP contribution in [0.4, 0.5) is 0 Å². The molecule has 0 aliphatic rings. The molecule has 2 nitrogen and oxygen atoms in total. The SMILES string of the molecule is C[Si](C)(C)c1ccc2ccc3cccc(=O)c3c2[nH]1. The van der Waals surface area contributed by atoms with E-state index in [-0.39, 0.29) is 5.43 Å². The molecule has 0 spiro atoms. The summed E-state index contributed by atoms with van der Waals surface area (Å²) >= 11 is 0. The van der Waals surface area contributed by atoms with E-state index >= 15 is 0 Å². The molecule has 3 aromatic rings. The number of pyridine rings is 1. The van der Waals surface area contributed by atoms with Crippen molar-refractivity contribution < 1.29 is 0 Å². The van der Waals surface area contributed by atoms with Crippen LogP contribution in [0.1, 0.15) is 0 Å². The molecule has 0 amide bonds. The second kappa shape index (κ2) is 4.07. The van der Waals surface area contributed by atoms with Gasteiger partial charge >= 0.3 is 0 Å². The second-order valence-electron chi connectivity index (χ2n) is 6.01. The Labute approximate surface area is 113 Å². The molecule has 0 atom stereocenters. The van der Waals surface area contributed by atoms with Gasteiger partial charge in [0.15, 0.2) is 5.43 Å². The minimum atomic E-state index is -1.41. The van der Waals surface area contributed by atoms with Crippen molar-refractivity contribution in [1.29, 1.82) is 0 Å². The molecule has 0 saturated carbocycles. The van der Waals surface area contributed by atoms with Gasteiger partial charge in [-0.2, -0.15) is 0 Å². The normalized spacial score (nSPS) is 12.2. The first-order valence-corrected chi connectivity index (χ1v) is 10.0. The summed E-state index contributed by atoms with van der Waals surface area (Å²) in [6.45, 7) is 6.90. The Morgan fingerprint density at radius 2 is 1.58 bits per heavy atom. The molecule has 19 heavy (non-hydrogen) atoms. The van der Waals surface area contributed by atoms with Gasteiger partial charge in [-0.05, 0) is 28.2 Å². The molecular formula is C16H17NOSi. The van der Waals surface area contributed by atoms with Crippen molar-refractivity contribution in [2.45, 2.75) is 19.6 Å². The number of fused-ring (bicyclic) bond motifs is 3. The highest BCUT2D eigenvalue weighted by Gasteiger charge is 2.17. The molecule has 0 aliphatic heterocycles. The Bertz CT molecular complexity index is 827. The van der Waals surface area contributed by atoms with Gasteiger partial charge in [0.05, 0.1) is 19.0 Å². The third kappa shape index (κ3) is 2.00. The van der Waals surface area contributed by atoms with Crippen LogP contribution in [0.3, 0.4) is 0 Å². The van der Waals surface area contributed by atoms with E-state index in [0.29, 0.717) is 0 Å². The number of H-pyrrole nitrogens is 1. The van der Waals surface area contributed by atoms with Gasteiger partial charge in [-0.15, -0.1) is 0 Å². The molecule has 0 radical (unpaired) electrons. The largest absolute Gasteiger partial charge is 0.362 e. The van der Waals surface area contributed by atoms with Gasteiger partial charge in [0, 0.05) is 0 Å². The zero-order chi connectivity index (χ0) is 13.6. The average molecular weight is 267 g/mol. The van der Waals surface area contributed by atoms with Gasteiger partial charge < -0.3 is 4.98 Å². The Hall–Kier alpha value is -1.87. The maximum Gasteiger partial charge on any atom is 0.188 e. The number of aromatic amines is 1. The van der Waals surface area contributed by atoms with Crippen molar-refractivity contribution >= 4 is 35.1 Å². The Morgan fingerprint density at radius 1 is 0.895 bits per heavy atom. The number of hydrogen-bond donors (Lipinski definition) is 1. The standard InChI is InChI=1S/C16H17NOSi/c1-19(2,3)14-10-9-12-8-7-11-5-4-6-13(18)15(11)16(12)17-14/h4-10,17H,1-3H3. The number of benzene rings is 2. The van der Waals surface area contributed by atoms with Crippen LogP contribution in [0.5, 0.6) is 0 Å². The maximum absolute atomic E-state index is 12.1. The summed E-state index contributed by atoms with van der Waals surface area (Å²) in [7, 11) is -1.41. The van der Waals surface area contributed by atoms with Crippen molar-refractivity contribution in [3.8, 4) is 0 Å². The fourth-order valence-corrected chi connectivity index (χ4v) is 3.51. The lowest BCUT2D eigenvalue weighted by molar-refractivity contribution is 1.45. The van der Waals surface area contributed by atoms with Gasteiger partial charge in [-0.1, -0.05) is 50.0 Å². The van der Waals surface area contributed by atoms with E-state index in [1.165, 1.54) is 5.32 Å². The molecule has 1 heterocycles. The van der Waals surface area contributed by atoms with Crippen LogP contribution in [0.25, 0.3) is 21.7 Å². The number of hydrogen-bond acceptors (Lipinski definition) is 1. The van der Waals surface area contributed by atoms with E-state index < -0.39 is 8.07 Å². The third-order valence-corrected chi connectivity index (χ3v) is 5.44. The molecule has 1 N–H and O–H groups in total. The van der Waals surface area contributed by atoms with Crippen LogP contribution >= 0.6 is 0 Å². The maximum atomic E-state index is 12.1. The Balaban J connectivity index is 2.49. The fraction of sp³-hybridized carbons (Fsp3) is 0.188. The smallest absolute Gasteiger partial charge is 0.188 e. The zero-order valence-electron chi connectivity index (χ0n) is 11.4. The molecule has 0 bridgehead atoms. The van der Waals surface area contributed by atoms with Crippen molar-refractivity contribution in [2.75, 3.05) is 0 Å². The monoisotopic (exact) mass is 267 g/mol. The molecule has 0 fully saturated rings. The highest BCUT2D eigenvalue weighted by molar-refractivity contribution is 6.88. The minimum Gasteiger partial charge on any atom is -0.362 e. The van der Waals surface area contributed by atoms with Crippen molar-refractivity contribution in [2.24, 2.45) is 0 Å². The Kier molecular flexibility index (Phi) is 2.61. The zero-order valence-corrected chi connectivity index (χ0v) is 12.4. The quantitative estimate of drug-likeness (QED) is 0.533. The molecule has 3 rings (SSSR count). The topological polar surface area (TPSA) is 32.9 Å². The molecular weight excluding hydrogens is 250 g/mol. The van der Waals surface area contributed by atoms with Crippen LogP contribution in [0, 0.1) is 0 Å².